The number of aldehydes is 1. The number of rotatable bonds is 8. The third kappa shape index (κ3) is 5.34. The standard InChI is InChI=1S/C24H25BrN4O4S/c1-32-24(31)23-21(33-12-11-30)20(25)22(34-23)15-3-2-4-18(13-15)28-17-7-9-29(10-8-17)19-6-5-16(26)14-27-19/h2-6,11,13-14,17,28H,7-10,12,26H2,1H3. The van der Waals surface area contributed by atoms with Crippen LogP contribution >= 0.6 is 27.3 Å². The number of carbonyl (C=O) groups excluding carboxylic acids is 2. The van der Waals surface area contributed by atoms with Crippen molar-refractivity contribution in [3.63, 3.8) is 0 Å². The fourth-order valence-corrected chi connectivity index (χ4v) is 5.85. The molecule has 1 aromatic carbocycles. The van der Waals surface area contributed by atoms with Crippen LogP contribution in [0.3, 0.4) is 0 Å². The zero-order valence-corrected chi connectivity index (χ0v) is 21.0. The number of esters is 1. The molecule has 3 N–H and O–H groups in total. The van der Waals surface area contributed by atoms with Crippen LogP contribution in [0.1, 0.15) is 22.5 Å². The monoisotopic (exact) mass is 544 g/mol. The molecule has 1 saturated heterocycles. The van der Waals surface area contributed by atoms with Gasteiger partial charge in [-0.25, -0.2) is 9.78 Å². The summed E-state index contributed by atoms with van der Waals surface area (Å²) in [5.74, 6) is 0.765. The van der Waals surface area contributed by atoms with Crippen molar-refractivity contribution in [3.8, 4) is 16.2 Å². The van der Waals surface area contributed by atoms with Gasteiger partial charge in [0, 0.05) is 24.8 Å². The van der Waals surface area contributed by atoms with Crippen LogP contribution in [0.2, 0.25) is 0 Å². The van der Waals surface area contributed by atoms with Crippen LogP contribution in [0.4, 0.5) is 17.2 Å². The number of nitrogens with two attached hydrogens (primary N) is 1. The Labute approximate surface area is 210 Å². The van der Waals surface area contributed by atoms with Gasteiger partial charge in [-0.2, -0.15) is 0 Å². The zero-order chi connectivity index (χ0) is 24.1. The van der Waals surface area contributed by atoms with E-state index in [0.717, 1.165) is 47.9 Å². The van der Waals surface area contributed by atoms with Crippen molar-refractivity contribution < 1.29 is 19.1 Å². The van der Waals surface area contributed by atoms with Crippen LogP contribution in [0.5, 0.6) is 5.75 Å². The highest BCUT2D eigenvalue weighted by molar-refractivity contribution is 9.10. The molecule has 3 aromatic rings. The van der Waals surface area contributed by atoms with Crippen molar-refractivity contribution in [2.75, 3.05) is 42.8 Å². The summed E-state index contributed by atoms with van der Waals surface area (Å²) in [5.41, 5.74) is 8.33. The molecule has 0 unspecified atom stereocenters. The molecule has 0 aliphatic carbocycles. The number of halogens is 1. The normalized spacial score (nSPS) is 14.0. The number of piperidine rings is 1. The topological polar surface area (TPSA) is 107 Å². The average Bonchev–Trinajstić information content (AvgIpc) is 3.19. The molecule has 1 aliphatic heterocycles. The minimum atomic E-state index is -0.505. The maximum atomic E-state index is 12.2. The minimum Gasteiger partial charge on any atom is -0.483 e. The largest absolute Gasteiger partial charge is 0.483 e. The molecular weight excluding hydrogens is 520 g/mol. The number of carbonyl (C=O) groups is 2. The molecule has 0 bridgehead atoms. The van der Waals surface area contributed by atoms with Crippen LogP contribution in [0.25, 0.3) is 10.4 Å². The lowest BCUT2D eigenvalue weighted by Gasteiger charge is -2.33. The van der Waals surface area contributed by atoms with Crippen LogP contribution < -0.4 is 20.7 Å². The maximum Gasteiger partial charge on any atom is 0.351 e. The van der Waals surface area contributed by atoms with Crippen molar-refractivity contribution in [2.45, 2.75) is 18.9 Å². The molecule has 0 atom stereocenters. The highest BCUT2D eigenvalue weighted by Crippen LogP contribution is 2.46. The molecule has 0 amide bonds. The van der Waals surface area contributed by atoms with Crippen LogP contribution in [0.15, 0.2) is 47.1 Å². The van der Waals surface area contributed by atoms with E-state index < -0.39 is 5.97 Å². The lowest BCUT2D eigenvalue weighted by Crippen LogP contribution is -2.39. The second-order valence-electron chi connectivity index (χ2n) is 7.81. The van der Waals surface area contributed by atoms with Gasteiger partial charge >= 0.3 is 5.97 Å². The second-order valence-corrected chi connectivity index (χ2v) is 9.62. The van der Waals surface area contributed by atoms with Gasteiger partial charge in [-0.1, -0.05) is 12.1 Å². The van der Waals surface area contributed by atoms with Gasteiger partial charge in [-0.05, 0) is 58.6 Å². The first kappa shape index (κ1) is 24.0. The van der Waals surface area contributed by atoms with Gasteiger partial charge in [0.25, 0.3) is 0 Å². The van der Waals surface area contributed by atoms with E-state index in [1.54, 1.807) is 6.20 Å². The van der Waals surface area contributed by atoms with Crippen molar-refractivity contribution in [3.05, 3.63) is 51.9 Å². The zero-order valence-electron chi connectivity index (χ0n) is 18.6. The summed E-state index contributed by atoms with van der Waals surface area (Å²) in [6, 6.07) is 12.2. The van der Waals surface area contributed by atoms with E-state index in [1.165, 1.54) is 18.4 Å². The van der Waals surface area contributed by atoms with Crippen LogP contribution in [-0.4, -0.2) is 50.1 Å². The van der Waals surface area contributed by atoms with Gasteiger partial charge in [0.2, 0.25) is 0 Å². The third-order valence-electron chi connectivity index (χ3n) is 5.56. The summed E-state index contributed by atoms with van der Waals surface area (Å²) < 4.78 is 11.0. The Morgan fingerprint density at radius 2 is 2.12 bits per heavy atom. The number of nitrogens with one attached hydrogen (secondary N) is 1. The number of thiophene rings is 1. The molecule has 178 valence electrons. The number of hydrogen-bond donors (Lipinski definition) is 2. The average molecular weight is 545 g/mol. The summed E-state index contributed by atoms with van der Waals surface area (Å²) in [6.45, 7) is 1.67. The van der Waals surface area contributed by atoms with Gasteiger partial charge in [-0.3, -0.25) is 4.79 Å². The molecule has 4 rings (SSSR count). The molecule has 10 heteroatoms. The molecule has 0 saturated carbocycles. The smallest absolute Gasteiger partial charge is 0.351 e. The molecule has 0 spiro atoms. The lowest BCUT2D eigenvalue weighted by molar-refractivity contribution is -0.109. The second kappa shape index (κ2) is 10.9. The van der Waals surface area contributed by atoms with E-state index in [4.69, 9.17) is 15.2 Å². The molecule has 2 aromatic heterocycles. The predicted octanol–water partition coefficient (Wildman–Crippen LogP) is 4.60. The lowest BCUT2D eigenvalue weighted by atomic mass is 10.0. The van der Waals surface area contributed by atoms with E-state index in [0.29, 0.717) is 33.1 Å². The maximum absolute atomic E-state index is 12.2. The number of pyridine rings is 1. The summed E-state index contributed by atoms with van der Waals surface area (Å²) in [6.07, 6.45) is 4.29. The third-order valence-corrected chi connectivity index (χ3v) is 7.78. The highest BCUT2D eigenvalue weighted by Gasteiger charge is 2.25. The molecule has 1 fully saturated rings. The van der Waals surface area contributed by atoms with E-state index in [-0.39, 0.29) is 6.61 Å². The molecule has 34 heavy (non-hydrogen) atoms. The molecule has 3 heterocycles. The van der Waals surface area contributed by atoms with Crippen LogP contribution in [0, 0.1) is 0 Å². The number of ether oxygens (including phenoxy) is 2. The fraction of sp³-hybridized carbons (Fsp3) is 0.292. The summed E-state index contributed by atoms with van der Waals surface area (Å²) in [5, 5.41) is 3.63. The minimum absolute atomic E-state index is 0.148. The fourth-order valence-electron chi connectivity index (χ4n) is 3.88. The number of anilines is 3. The summed E-state index contributed by atoms with van der Waals surface area (Å²) in [7, 11) is 1.32. The number of hydrogen-bond acceptors (Lipinski definition) is 9. The quantitative estimate of drug-likeness (QED) is 0.313. The Kier molecular flexibility index (Phi) is 7.69. The first-order chi connectivity index (χ1) is 16.5. The van der Waals surface area contributed by atoms with Gasteiger partial charge in [0.1, 0.15) is 12.4 Å². The van der Waals surface area contributed by atoms with E-state index in [1.807, 2.05) is 30.3 Å². The Balaban J connectivity index is 1.47. The number of nitrogen functional groups attached to an aromatic ring is 1. The van der Waals surface area contributed by atoms with Gasteiger partial charge < -0.3 is 25.4 Å². The summed E-state index contributed by atoms with van der Waals surface area (Å²) in [4.78, 5) is 30.9. The first-order valence-electron chi connectivity index (χ1n) is 10.8. The Morgan fingerprint density at radius 1 is 1.32 bits per heavy atom. The van der Waals surface area contributed by atoms with Gasteiger partial charge in [-0.15, -0.1) is 11.3 Å². The van der Waals surface area contributed by atoms with Gasteiger partial charge in [0.05, 0.1) is 28.3 Å². The first-order valence-corrected chi connectivity index (χ1v) is 12.4. The van der Waals surface area contributed by atoms with E-state index >= 15 is 0 Å². The number of methoxy groups -OCH3 is 1. The highest BCUT2D eigenvalue weighted by atomic mass is 79.9. The van der Waals surface area contributed by atoms with E-state index in [9.17, 15) is 9.59 Å². The number of benzene rings is 1. The van der Waals surface area contributed by atoms with Gasteiger partial charge in [0.15, 0.2) is 16.9 Å². The predicted molar refractivity (Wildman–Crippen MR) is 138 cm³/mol. The van der Waals surface area contributed by atoms with Crippen LogP contribution in [-0.2, 0) is 9.53 Å². The molecule has 1 aliphatic rings. The molecule has 0 radical (unpaired) electrons. The Bertz CT molecular complexity index is 1160. The SMILES string of the molecule is COC(=O)c1sc(-c2cccc(NC3CCN(c4ccc(N)cn4)CC3)c2)c(Br)c1OCC=O. The van der Waals surface area contributed by atoms with Crippen molar-refractivity contribution in [2.24, 2.45) is 0 Å². The van der Waals surface area contributed by atoms with Crippen molar-refractivity contribution in [1.29, 1.82) is 0 Å². The summed E-state index contributed by atoms with van der Waals surface area (Å²) >= 11 is 4.81. The van der Waals surface area contributed by atoms with Crippen molar-refractivity contribution >= 4 is 56.7 Å². The Hall–Kier alpha value is -3.11. The Morgan fingerprint density at radius 3 is 2.79 bits per heavy atom. The van der Waals surface area contributed by atoms with Crippen molar-refractivity contribution in [1.82, 2.24) is 4.98 Å². The number of nitrogens with zero attached hydrogens (tertiary/aromatic N) is 2. The molecular formula is C24H25BrN4O4S. The number of aromatic nitrogens is 1. The molecule has 8 nitrogen and oxygen atoms in total. The van der Waals surface area contributed by atoms with E-state index in [2.05, 4.69) is 37.2 Å².